The van der Waals surface area contributed by atoms with Crippen LogP contribution < -0.4 is 15.4 Å². The number of urea groups is 1. The fourth-order valence-electron chi connectivity index (χ4n) is 2.49. The van der Waals surface area contributed by atoms with Crippen molar-refractivity contribution in [3.05, 3.63) is 33.3 Å². The van der Waals surface area contributed by atoms with Crippen LogP contribution in [0.3, 0.4) is 0 Å². The smallest absolute Gasteiger partial charge is 0.321 e. The highest BCUT2D eigenvalue weighted by Crippen LogP contribution is 2.28. The predicted molar refractivity (Wildman–Crippen MR) is 87.1 cm³/mol. The molecule has 0 aromatic heterocycles. The first-order valence-corrected chi connectivity index (χ1v) is 8.00. The number of amides is 3. The van der Waals surface area contributed by atoms with E-state index in [-0.39, 0.29) is 22.5 Å². The molecule has 0 radical (unpaired) electrons. The molecule has 0 atom stereocenters. The summed E-state index contributed by atoms with van der Waals surface area (Å²) in [6, 6.07) is 3.19. The fourth-order valence-corrected chi connectivity index (χ4v) is 2.72. The highest BCUT2D eigenvalue weighted by Gasteiger charge is 2.17. The Bertz CT molecular complexity index is 632. The van der Waals surface area contributed by atoms with Crippen molar-refractivity contribution in [1.82, 2.24) is 10.6 Å². The number of non-ortho nitro benzene ring substituents is 1. The second-order valence-electron chi connectivity index (χ2n) is 5.52. The molecule has 1 aliphatic rings. The van der Waals surface area contributed by atoms with Crippen LogP contribution in [0.4, 0.5) is 10.5 Å². The Hall–Kier alpha value is -2.35. The van der Waals surface area contributed by atoms with Gasteiger partial charge in [-0.1, -0.05) is 30.9 Å². The van der Waals surface area contributed by atoms with Crippen molar-refractivity contribution >= 4 is 29.2 Å². The highest BCUT2D eigenvalue weighted by molar-refractivity contribution is 6.32. The third-order valence-electron chi connectivity index (χ3n) is 3.68. The van der Waals surface area contributed by atoms with E-state index in [1.165, 1.54) is 18.6 Å². The van der Waals surface area contributed by atoms with Gasteiger partial charge in [-0.15, -0.1) is 0 Å². The van der Waals surface area contributed by atoms with Crippen LogP contribution in [0, 0.1) is 10.1 Å². The van der Waals surface area contributed by atoms with Crippen molar-refractivity contribution in [1.29, 1.82) is 0 Å². The Morgan fingerprint density at radius 1 is 1.29 bits per heavy atom. The van der Waals surface area contributed by atoms with Crippen LogP contribution in [-0.2, 0) is 4.79 Å². The van der Waals surface area contributed by atoms with Crippen molar-refractivity contribution in [2.45, 2.75) is 38.1 Å². The molecule has 1 saturated carbocycles. The zero-order valence-corrected chi connectivity index (χ0v) is 13.7. The van der Waals surface area contributed by atoms with E-state index in [0.717, 1.165) is 31.7 Å². The van der Waals surface area contributed by atoms with E-state index in [9.17, 15) is 19.7 Å². The van der Waals surface area contributed by atoms with Crippen LogP contribution in [0.2, 0.25) is 5.02 Å². The number of hydrogen-bond acceptors (Lipinski definition) is 5. The molecule has 130 valence electrons. The van der Waals surface area contributed by atoms with Gasteiger partial charge in [-0.05, 0) is 18.9 Å². The molecular formula is C15H18ClN3O5. The number of hydrogen-bond donors (Lipinski definition) is 2. The molecule has 1 fully saturated rings. The van der Waals surface area contributed by atoms with Crippen molar-refractivity contribution in [3.63, 3.8) is 0 Å². The number of halogens is 1. The minimum Gasteiger partial charge on any atom is -0.482 e. The molecule has 0 spiro atoms. The second kappa shape index (κ2) is 8.49. The van der Waals surface area contributed by atoms with Crippen LogP contribution in [0.25, 0.3) is 0 Å². The number of nitrogens with one attached hydrogen (secondary N) is 2. The SMILES string of the molecule is O=C(COc1ccc([N+](=O)[O-])cc1Cl)NC(=O)NC1CCCCC1. The Balaban J connectivity index is 1.78. The lowest BCUT2D eigenvalue weighted by atomic mass is 9.96. The van der Waals surface area contributed by atoms with Gasteiger partial charge in [0.1, 0.15) is 5.75 Å². The molecule has 0 saturated heterocycles. The van der Waals surface area contributed by atoms with Crippen LogP contribution in [0.15, 0.2) is 18.2 Å². The van der Waals surface area contributed by atoms with Crippen LogP contribution in [-0.4, -0.2) is 29.5 Å². The van der Waals surface area contributed by atoms with E-state index in [0.29, 0.717) is 0 Å². The number of benzene rings is 1. The minimum atomic E-state index is -0.627. The monoisotopic (exact) mass is 355 g/mol. The Labute approximate surface area is 143 Å². The normalized spacial score (nSPS) is 14.7. The first-order chi connectivity index (χ1) is 11.5. The predicted octanol–water partition coefficient (Wildman–Crippen LogP) is 2.79. The average Bonchev–Trinajstić information content (AvgIpc) is 2.54. The topological polar surface area (TPSA) is 111 Å². The maximum absolute atomic E-state index is 11.7. The van der Waals surface area contributed by atoms with Crippen LogP contribution >= 0.6 is 11.6 Å². The molecule has 0 aliphatic heterocycles. The Morgan fingerprint density at radius 3 is 2.62 bits per heavy atom. The third kappa shape index (κ3) is 5.38. The largest absolute Gasteiger partial charge is 0.482 e. The van der Waals surface area contributed by atoms with E-state index < -0.39 is 23.5 Å². The number of ether oxygens (including phenoxy) is 1. The van der Waals surface area contributed by atoms with Gasteiger partial charge in [0.25, 0.3) is 11.6 Å². The van der Waals surface area contributed by atoms with Crippen molar-refractivity contribution < 1.29 is 19.2 Å². The van der Waals surface area contributed by atoms with Crippen molar-refractivity contribution in [2.75, 3.05) is 6.61 Å². The summed E-state index contributed by atoms with van der Waals surface area (Å²) in [4.78, 5) is 33.5. The summed E-state index contributed by atoms with van der Waals surface area (Å²) < 4.78 is 5.18. The minimum absolute atomic E-state index is 0.0173. The summed E-state index contributed by atoms with van der Waals surface area (Å²) >= 11 is 5.85. The maximum atomic E-state index is 11.7. The summed E-state index contributed by atoms with van der Waals surface area (Å²) in [6.45, 7) is -0.421. The first-order valence-electron chi connectivity index (χ1n) is 7.63. The number of imide groups is 1. The molecule has 0 heterocycles. The average molecular weight is 356 g/mol. The maximum Gasteiger partial charge on any atom is 0.321 e. The van der Waals surface area contributed by atoms with Gasteiger partial charge in [0.15, 0.2) is 6.61 Å². The first kappa shape index (κ1) is 18.0. The molecule has 8 nitrogen and oxygen atoms in total. The van der Waals surface area contributed by atoms with E-state index >= 15 is 0 Å². The lowest BCUT2D eigenvalue weighted by Crippen LogP contribution is -2.46. The molecule has 1 aliphatic carbocycles. The summed E-state index contributed by atoms with van der Waals surface area (Å²) in [5.41, 5.74) is -0.177. The molecule has 2 rings (SSSR count). The molecule has 9 heteroatoms. The van der Waals surface area contributed by atoms with Crippen LogP contribution in [0.5, 0.6) is 5.75 Å². The van der Waals surface area contributed by atoms with Gasteiger partial charge in [0.05, 0.1) is 9.95 Å². The number of rotatable bonds is 5. The second-order valence-corrected chi connectivity index (χ2v) is 5.92. The van der Waals surface area contributed by atoms with Gasteiger partial charge in [0, 0.05) is 18.2 Å². The molecule has 24 heavy (non-hydrogen) atoms. The highest BCUT2D eigenvalue weighted by atomic mass is 35.5. The lowest BCUT2D eigenvalue weighted by molar-refractivity contribution is -0.384. The zero-order valence-electron chi connectivity index (χ0n) is 12.9. The van der Waals surface area contributed by atoms with Crippen molar-refractivity contribution in [2.24, 2.45) is 0 Å². The molecule has 0 bridgehead atoms. The van der Waals surface area contributed by atoms with E-state index in [1.807, 2.05) is 0 Å². The summed E-state index contributed by atoms with van der Waals surface area (Å²) in [5, 5.41) is 15.6. The van der Waals surface area contributed by atoms with Gasteiger partial charge < -0.3 is 10.1 Å². The summed E-state index contributed by atoms with van der Waals surface area (Å²) in [5.74, 6) is -0.497. The zero-order chi connectivity index (χ0) is 17.5. The molecule has 0 unspecified atom stereocenters. The number of carbonyl (C=O) groups excluding carboxylic acids is 2. The summed E-state index contributed by atoms with van der Waals surface area (Å²) in [7, 11) is 0. The summed E-state index contributed by atoms with van der Waals surface area (Å²) in [6.07, 6.45) is 5.14. The quantitative estimate of drug-likeness (QED) is 0.623. The standard InChI is InChI=1S/C15H18ClN3O5/c16-12-8-11(19(22)23)6-7-13(12)24-9-14(20)18-15(21)17-10-4-2-1-3-5-10/h6-8,10H,1-5,9H2,(H2,17,18,20,21). The van der Waals surface area contributed by atoms with Gasteiger partial charge in [-0.2, -0.15) is 0 Å². The number of carbonyl (C=O) groups is 2. The Morgan fingerprint density at radius 2 is 2.00 bits per heavy atom. The molecule has 1 aromatic rings. The van der Waals surface area contributed by atoms with E-state index in [4.69, 9.17) is 16.3 Å². The molecular weight excluding hydrogens is 338 g/mol. The Kier molecular flexibility index (Phi) is 6.36. The van der Waals surface area contributed by atoms with Gasteiger partial charge >= 0.3 is 6.03 Å². The lowest BCUT2D eigenvalue weighted by Gasteiger charge is -2.22. The molecule has 1 aromatic carbocycles. The fraction of sp³-hybridized carbons (Fsp3) is 0.467. The molecule has 2 N–H and O–H groups in total. The van der Waals surface area contributed by atoms with Crippen molar-refractivity contribution in [3.8, 4) is 5.75 Å². The van der Waals surface area contributed by atoms with Gasteiger partial charge in [-0.25, -0.2) is 4.79 Å². The van der Waals surface area contributed by atoms with E-state index in [2.05, 4.69) is 10.6 Å². The van der Waals surface area contributed by atoms with Gasteiger partial charge in [-0.3, -0.25) is 20.2 Å². The molecule has 3 amide bonds. The van der Waals surface area contributed by atoms with Gasteiger partial charge in [0.2, 0.25) is 0 Å². The van der Waals surface area contributed by atoms with E-state index in [1.54, 1.807) is 0 Å². The number of nitro benzene ring substituents is 1. The van der Waals surface area contributed by atoms with Crippen LogP contribution in [0.1, 0.15) is 32.1 Å². The third-order valence-corrected chi connectivity index (χ3v) is 3.97. The number of nitro groups is 1. The number of nitrogens with zero attached hydrogens (tertiary/aromatic N) is 1.